The molecule has 8 atom stereocenters. The summed E-state index contributed by atoms with van der Waals surface area (Å²) >= 11 is 0. The number of hydrogen-bond acceptors (Lipinski definition) is 15. The molecule has 0 aromatic rings. The lowest BCUT2D eigenvalue weighted by molar-refractivity contribution is -0.161. The van der Waals surface area contributed by atoms with Gasteiger partial charge in [-0.1, -0.05) is 286 Å². The Labute approximate surface area is 530 Å². The van der Waals surface area contributed by atoms with Crippen molar-refractivity contribution in [1.29, 1.82) is 0 Å². The van der Waals surface area contributed by atoms with Crippen molar-refractivity contribution in [3.63, 3.8) is 0 Å². The number of aliphatic hydroxyl groups is 1. The van der Waals surface area contributed by atoms with Crippen LogP contribution in [0.5, 0.6) is 0 Å². The molecule has 5 unspecified atom stereocenters. The zero-order valence-electron chi connectivity index (χ0n) is 56.5. The first-order chi connectivity index (χ1) is 41.8. The van der Waals surface area contributed by atoms with E-state index in [0.717, 1.165) is 120 Å². The third-order valence-corrected chi connectivity index (χ3v) is 18.6. The molecular formula is C68H132O17P2. The van der Waals surface area contributed by atoms with Crippen LogP contribution in [0.1, 0.15) is 337 Å². The van der Waals surface area contributed by atoms with Gasteiger partial charge >= 0.3 is 39.5 Å². The number of unbranched alkanes of at least 4 members (excludes halogenated alkanes) is 31. The predicted molar refractivity (Wildman–Crippen MR) is 349 cm³/mol. The monoisotopic (exact) mass is 1280 g/mol. The second-order valence-electron chi connectivity index (χ2n) is 25.3. The minimum Gasteiger partial charge on any atom is -0.462 e. The molecule has 17 nitrogen and oxygen atoms in total. The Morgan fingerprint density at radius 1 is 0.322 bits per heavy atom. The number of phosphoric ester groups is 2. The van der Waals surface area contributed by atoms with E-state index in [1.54, 1.807) is 0 Å². The van der Waals surface area contributed by atoms with Crippen molar-refractivity contribution < 1.29 is 80.2 Å². The van der Waals surface area contributed by atoms with E-state index < -0.39 is 97.5 Å². The lowest BCUT2D eigenvalue weighted by atomic mass is 10.00. The highest BCUT2D eigenvalue weighted by molar-refractivity contribution is 7.47. The molecule has 0 saturated carbocycles. The van der Waals surface area contributed by atoms with E-state index in [-0.39, 0.29) is 25.7 Å². The smallest absolute Gasteiger partial charge is 0.462 e. The Hall–Kier alpha value is -1.94. The molecule has 0 amide bonds. The summed E-state index contributed by atoms with van der Waals surface area (Å²) in [6.07, 6.45) is 41.8. The van der Waals surface area contributed by atoms with Crippen LogP contribution in [0.3, 0.4) is 0 Å². The van der Waals surface area contributed by atoms with Crippen LogP contribution in [0, 0.1) is 17.8 Å². The SMILES string of the molecule is CCCCCCCCCCCCCCCCCCCC(=O)O[C@H](COC(=O)CCCCCCCCC(C)CC)COP(=O)(O)OC[C@@H](O)COP(=O)(O)OC[C@@H](COC(=O)CCCCCCCCC(C)CC)OC(=O)CCCCCCCCC(C)CC. The lowest BCUT2D eigenvalue weighted by Gasteiger charge is -2.21. The Bertz CT molecular complexity index is 1720. The Morgan fingerprint density at radius 3 is 0.816 bits per heavy atom. The molecule has 87 heavy (non-hydrogen) atoms. The number of aliphatic hydroxyl groups excluding tert-OH is 1. The summed E-state index contributed by atoms with van der Waals surface area (Å²) in [5.41, 5.74) is 0. The van der Waals surface area contributed by atoms with Gasteiger partial charge in [0, 0.05) is 25.7 Å². The van der Waals surface area contributed by atoms with E-state index in [2.05, 4.69) is 48.5 Å². The van der Waals surface area contributed by atoms with Crippen molar-refractivity contribution in [3.05, 3.63) is 0 Å². The van der Waals surface area contributed by atoms with Crippen LogP contribution in [0.25, 0.3) is 0 Å². The molecule has 0 bridgehead atoms. The van der Waals surface area contributed by atoms with Gasteiger partial charge in [-0.05, 0) is 43.4 Å². The van der Waals surface area contributed by atoms with Gasteiger partial charge < -0.3 is 33.8 Å². The number of rotatable bonds is 66. The largest absolute Gasteiger partial charge is 0.472 e. The van der Waals surface area contributed by atoms with Gasteiger partial charge in [0.05, 0.1) is 26.4 Å². The number of hydrogen-bond donors (Lipinski definition) is 3. The molecule has 0 aliphatic heterocycles. The van der Waals surface area contributed by atoms with Crippen LogP contribution in [0.4, 0.5) is 0 Å². The quantitative estimate of drug-likeness (QED) is 0.0222. The maximum absolute atomic E-state index is 13.0. The highest BCUT2D eigenvalue weighted by atomic mass is 31.2. The fourth-order valence-electron chi connectivity index (χ4n) is 10.1. The first-order valence-electron chi connectivity index (χ1n) is 35.5. The molecule has 0 heterocycles. The zero-order chi connectivity index (χ0) is 64.5. The highest BCUT2D eigenvalue weighted by Crippen LogP contribution is 2.45. The molecule has 0 rings (SSSR count). The second kappa shape index (κ2) is 59.1. The fraction of sp³-hybridized carbons (Fsp3) is 0.941. The van der Waals surface area contributed by atoms with Crippen LogP contribution in [0.2, 0.25) is 0 Å². The van der Waals surface area contributed by atoms with Crippen molar-refractivity contribution in [2.45, 2.75) is 356 Å². The number of esters is 4. The van der Waals surface area contributed by atoms with Crippen LogP contribution < -0.4 is 0 Å². The van der Waals surface area contributed by atoms with Crippen molar-refractivity contribution >= 4 is 39.5 Å². The van der Waals surface area contributed by atoms with E-state index >= 15 is 0 Å². The lowest BCUT2D eigenvalue weighted by Crippen LogP contribution is -2.30. The predicted octanol–water partition coefficient (Wildman–Crippen LogP) is 19.1. The first kappa shape index (κ1) is 85.1. The van der Waals surface area contributed by atoms with E-state index in [0.29, 0.717) is 25.7 Å². The molecule has 3 N–H and O–H groups in total. The van der Waals surface area contributed by atoms with Crippen molar-refractivity contribution in [2.75, 3.05) is 39.6 Å². The topological polar surface area (TPSA) is 237 Å². The number of phosphoric acid groups is 2. The summed E-state index contributed by atoms with van der Waals surface area (Å²) in [4.78, 5) is 72.4. The van der Waals surface area contributed by atoms with Crippen LogP contribution in [-0.2, 0) is 65.4 Å². The Morgan fingerprint density at radius 2 is 0.552 bits per heavy atom. The maximum atomic E-state index is 13.0. The molecule has 0 aromatic heterocycles. The highest BCUT2D eigenvalue weighted by Gasteiger charge is 2.30. The molecule has 19 heteroatoms. The van der Waals surface area contributed by atoms with Crippen LogP contribution in [-0.4, -0.2) is 96.7 Å². The molecule has 0 aliphatic rings. The first-order valence-corrected chi connectivity index (χ1v) is 38.5. The van der Waals surface area contributed by atoms with Crippen LogP contribution >= 0.6 is 15.6 Å². The summed E-state index contributed by atoms with van der Waals surface area (Å²) in [6, 6.07) is 0. The maximum Gasteiger partial charge on any atom is 0.472 e. The van der Waals surface area contributed by atoms with Crippen molar-refractivity contribution in [2.24, 2.45) is 17.8 Å². The van der Waals surface area contributed by atoms with Gasteiger partial charge in [0.15, 0.2) is 12.2 Å². The molecule has 516 valence electrons. The van der Waals surface area contributed by atoms with E-state index in [1.807, 2.05) is 0 Å². The second-order valence-corrected chi connectivity index (χ2v) is 28.2. The van der Waals surface area contributed by atoms with Gasteiger partial charge in [-0.3, -0.25) is 37.3 Å². The van der Waals surface area contributed by atoms with Crippen molar-refractivity contribution in [3.8, 4) is 0 Å². The van der Waals surface area contributed by atoms with Gasteiger partial charge in [0.2, 0.25) is 0 Å². The van der Waals surface area contributed by atoms with Gasteiger partial charge in [0.25, 0.3) is 0 Å². The standard InChI is InChI=1S/C68H132O17P2/c1-8-12-13-14-15-16-17-18-19-20-21-22-23-24-25-37-44-51-67(72)84-63(55-78-65(70)49-42-35-29-26-32-39-46-59(5)9-2)57-82-86(74,75)80-53-62(69)54-81-87(76,77)83-58-64(85-68(73)52-45-38-31-28-34-41-48-61(7)11-4)56-79-66(71)50-43-36-30-27-33-40-47-60(6)10-3/h59-64,69H,8-58H2,1-7H3,(H,74,75)(H,76,77)/t59?,60?,61?,62-,63-,64-/m1/s1. The van der Waals surface area contributed by atoms with Crippen molar-refractivity contribution in [1.82, 2.24) is 0 Å². The van der Waals surface area contributed by atoms with Gasteiger partial charge in [-0.15, -0.1) is 0 Å². The summed E-state index contributed by atoms with van der Waals surface area (Å²) in [7, 11) is -9.90. The molecular weight excluding hydrogens is 1150 g/mol. The average Bonchev–Trinajstić information content (AvgIpc) is 3.71. The van der Waals surface area contributed by atoms with Crippen LogP contribution in [0.15, 0.2) is 0 Å². The summed E-state index contributed by atoms with van der Waals surface area (Å²) in [6.45, 7) is 11.7. The fourth-order valence-corrected chi connectivity index (χ4v) is 11.7. The molecule has 0 saturated heterocycles. The minimum absolute atomic E-state index is 0.102. The molecule has 0 aliphatic carbocycles. The zero-order valence-corrected chi connectivity index (χ0v) is 58.3. The Kier molecular flexibility index (Phi) is 57.8. The Balaban J connectivity index is 5.23. The van der Waals surface area contributed by atoms with Gasteiger partial charge in [0.1, 0.15) is 19.3 Å². The van der Waals surface area contributed by atoms with E-state index in [4.69, 9.17) is 37.0 Å². The van der Waals surface area contributed by atoms with Gasteiger partial charge in [-0.25, -0.2) is 9.13 Å². The minimum atomic E-state index is -4.95. The number of carbonyl (C=O) groups is 4. The average molecular weight is 1280 g/mol. The molecule has 0 spiro atoms. The van der Waals surface area contributed by atoms with E-state index in [9.17, 15) is 43.2 Å². The summed E-state index contributed by atoms with van der Waals surface area (Å²) in [5.74, 6) is 0.0474. The molecule has 0 aromatic carbocycles. The third-order valence-electron chi connectivity index (χ3n) is 16.7. The normalized spacial score (nSPS) is 15.2. The van der Waals surface area contributed by atoms with Gasteiger partial charge in [-0.2, -0.15) is 0 Å². The molecule has 0 fully saturated rings. The number of carbonyl (C=O) groups excluding carboxylic acids is 4. The summed E-state index contributed by atoms with van der Waals surface area (Å²) in [5, 5.41) is 10.6. The van der Waals surface area contributed by atoms with E-state index in [1.165, 1.54) is 135 Å². The molecule has 0 radical (unpaired) electrons. The summed E-state index contributed by atoms with van der Waals surface area (Å²) < 4.78 is 68.1. The third kappa shape index (κ3) is 58.9. The number of ether oxygens (including phenoxy) is 4.